The van der Waals surface area contributed by atoms with Gasteiger partial charge in [0.15, 0.2) is 0 Å². The van der Waals surface area contributed by atoms with Gasteiger partial charge in [0.1, 0.15) is 36.6 Å². The highest BCUT2D eigenvalue weighted by molar-refractivity contribution is 5.95. The van der Waals surface area contributed by atoms with Gasteiger partial charge in [-0.3, -0.25) is 4.79 Å². The monoisotopic (exact) mass is 417 g/mol. The molecule has 2 aromatic carbocycles. The Morgan fingerprint density at radius 1 is 1.07 bits per heavy atom. The van der Waals surface area contributed by atoms with Gasteiger partial charge in [0.05, 0.1) is 6.61 Å². The van der Waals surface area contributed by atoms with Crippen molar-refractivity contribution in [1.29, 1.82) is 0 Å². The second-order valence-corrected chi connectivity index (χ2v) is 7.47. The molecule has 1 unspecified atom stereocenters. The van der Waals surface area contributed by atoms with Crippen LogP contribution in [-0.2, 0) is 4.74 Å². The van der Waals surface area contributed by atoms with E-state index in [1.54, 1.807) is 44.3 Å². The van der Waals surface area contributed by atoms with Crippen LogP contribution in [0.25, 0.3) is 11.1 Å². The average Bonchev–Trinajstić information content (AvgIpc) is 2.76. The molecule has 30 heavy (non-hydrogen) atoms. The molecule has 0 spiro atoms. The van der Waals surface area contributed by atoms with Crippen LogP contribution in [0.5, 0.6) is 0 Å². The summed E-state index contributed by atoms with van der Waals surface area (Å²) in [5, 5.41) is 52.9. The highest BCUT2D eigenvalue weighted by Crippen LogP contribution is 2.33. The molecule has 0 aromatic heterocycles. The van der Waals surface area contributed by atoms with Crippen LogP contribution in [0.4, 0.5) is 0 Å². The van der Waals surface area contributed by atoms with Gasteiger partial charge >= 0.3 is 0 Å². The van der Waals surface area contributed by atoms with Crippen molar-refractivity contribution in [3.05, 3.63) is 59.2 Å². The van der Waals surface area contributed by atoms with E-state index in [0.29, 0.717) is 16.7 Å². The zero-order valence-corrected chi connectivity index (χ0v) is 16.8. The van der Waals surface area contributed by atoms with E-state index in [0.717, 1.165) is 11.1 Å². The number of nitrogens with one attached hydrogen (secondary N) is 1. The first kappa shape index (κ1) is 22.4. The molecule has 162 valence electrons. The lowest BCUT2D eigenvalue weighted by molar-refractivity contribution is -0.250. The molecule has 1 amide bonds. The van der Waals surface area contributed by atoms with Crippen molar-refractivity contribution in [3.63, 3.8) is 0 Å². The summed E-state index contributed by atoms with van der Waals surface area (Å²) >= 11 is 0. The van der Waals surface area contributed by atoms with Crippen LogP contribution < -0.4 is 5.32 Å². The molecule has 2 aromatic rings. The Labute approximate surface area is 174 Å². The molecule has 1 heterocycles. The molecule has 0 aliphatic carbocycles. The van der Waals surface area contributed by atoms with E-state index < -0.39 is 43.2 Å². The van der Waals surface area contributed by atoms with Crippen LogP contribution in [0.1, 0.15) is 27.6 Å². The minimum atomic E-state index is -1.55. The summed E-state index contributed by atoms with van der Waals surface area (Å²) in [4.78, 5) is 11.9. The molecular weight excluding hydrogens is 390 g/mol. The maximum atomic E-state index is 11.9. The first-order valence-electron chi connectivity index (χ1n) is 9.70. The van der Waals surface area contributed by atoms with Gasteiger partial charge in [-0.15, -0.1) is 0 Å². The largest absolute Gasteiger partial charge is 0.394 e. The van der Waals surface area contributed by atoms with Crippen molar-refractivity contribution in [2.75, 3.05) is 13.7 Å². The molecule has 3 rings (SSSR count). The molecule has 1 aliphatic heterocycles. The molecule has 6 N–H and O–H groups in total. The van der Waals surface area contributed by atoms with E-state index in [1.165, 1.54) is 0 Å². The van der Waals surface area contributed by atoms with Crippen molar-refractivity contribution < 1.29 is 35.1 Å². The molecule has 8 heteroatoms. The first-order valence-corrected chi connectivity index (χ1v) is 9.70. The van der Waals surface area contributed by atoms with E-state index in [2.05, 4.69) is 5.32 Å². The summed E-state index contributed by atoms with van der Waals surface area (Å²) < 4.78 is 5.47. The Hall–Kier alpha value is -2.33. The minimum Gasteiger partial charge on any atom is -0.394 e. The number of aliphatic hydroxyl groups excluding tert-OH is 5. The SMILES string of the molecule is CNC(=O)c1cccc(-c2ccc([C@H](O)C3O[C@H](CO)[C@@H](O)[C@H](O)[C@@H]3O)c(C)c2)c1. The third kappa shape index (κ3) is 4.24. The van der Waals surface area contributed by atoms with E-state index >= 15 is 0 Å². The number of benzene rings is 2. The van der Waals surface area contributed by atoms with E-state index in [-0.39, 0.29) is 5.91 Å². The van der Waals surface area contributed by atoms with Crippen LogP contribution >= 0.6 is 0 Å². The summed E-state index contributed by atoms with van der Waals surface area (Å²) in [6.45, 7) is 1.22. The highest BCUT2D eigenvalue weighted by Gasteiger charge is 2.46. The number of hydrogen-bond acceptors (Lipinski definition) is 7. The van der Waals surface area contributed by atoms with Crippen molar-refractivity contribution in [1.82, 2.24) is 5.32 Å². The quantitative estimate of drug-likeness (QED) is 0.399. The predicted molar refractivity (Wildman–Crippen MR) is 109 cm³/mol. The highest BCUT2D eigenvalue weighted by atomic mass is 16.6. The van der Waals surface area contributed by atoms with Crippen LogP contribution in [0, 0.1) is 6.92 Å². The molecule has 1 aliphatic rings. The van der Waals surface area contributed by atoms with Gasteiger partial charge in [-0.25, -0.2) is 0 Å². The summed E-state index contributed by atoms with van der Waals surface area (Å²) in [7, 11) is 1.56. The molecule has 6 atom stereocenters. The molecule has 0 bridgehead atoms. The maximum absolute atomic E-state index is 11.9. The topological polar surface area (TPSA) is 139 Å². The van der Waals surface area contributed by atoms with Crippen molar-refractivity contribution in [2.24, 2.45) is 0 Å². The summed E-state index contributed by atoms with van der Waals surface area (Å²) in [6, 6.07) is 12.4. The number of ether oxygens (including phenoxy) is 1. The zero-order chi connectivity index (χ0) is 22.0. The number of aryl methyl sites for hydroxylation is 1. The number of hydrogen-bond donors (Lipinski definition) is 6. The van der Waals surface area contributed by atoms with Crippen molar-refractivity contribution in [2.45, 2.75) is 43.5 Å². The van der Waals surface area contributed by atoms with Crippen LogP contribution in [0.2, 0.25) is 0 Å². The number of aliphatic hydroxyl groups is 5. The predicted octanol–water partition coefficient (Wildman–Crippen LogP) is -0.103. The number of rotatable bonds is 5. The van der Waals surface area contributed by atoms with Gasteiger partial charge in [-0.1, -0.05) is 30.3 Å². The van der Waals surface area contributed by atoms with Gasteiger partial charge in [-0.2, -0.15) is 0 Å². The lowest BCUT2D eigenvalue weighted by Gasteiger charge is -2.42. The smallest absolute Gasteiger partial charge is 0.251 e. The van der Waals surface area contributed by atoms with Crippen LogP contribution in [0.3, 0.4) is 0 Å². The fourth-order valence-corrected chi connectivity index (χ4v) is 3.74. The molecule has 8 nitrogen and oxygen atoms in total. The third-order valence-corrected chi connectivity index (χ3v) is 5.51. The van der Waals surface area contributed by atoms with Gasteiger partial charge < -0.3 is 35.6 Å². The Kier molecular flexibility index (Phi) is 6.87. The van der Waals surface area contributed by atoms with Gasteiger partial charge in [-0.05, 0) is 41.3 Å². The zero-order valence-electron chi connectivity index (χ0n) is 16.8. The Morgan fingerprint density at radius 2 is 1.77 bits per heavy atom. The summed E-state index contributed by atoms with van der Waals surface area (Å²) in [5.74, 6) is -0.191. The lowest BCUT2D eigenvalue weighted by Crippen LogP contribution is -2.59. The molecule has 0 radical (unpaired) electrons. The summed E-state index contributed by atoms with van der Waals surface area (Å²) in [6.07, 6.45) is -8.16. The molecule has 1 fully saturated rings. The maximum Gasteiger partial charge on any atom is 0.251 e. The number of carbonyl (C=O) groups is 1. The fourth-order valence-electron chi connectivity index (χ4n) is 3.74. The summed E-state index contributed by atoms with van der Waals surface area (Å²) in [5.41, 5.74) is 3.38. The third-order valence-electron chi connectivity index (χ3n) is 5.51. The van der Waals surface area contributed by atoms with E-state index in [4.69, 9.17) is 4.74 Å². The Morgan fingerprint density at radius 3 is 2.40 bits per heavy atom. The van der Waals surface area contributed by atoms with Crippen molar-refractivity contribution >= 4 is 5.91 Å². The fraction of sp³-hybridized carbons (Fsp3) is 0.409. The van der Waals surface area contributed by atoms with E-state index in [9.17, 15) is 30.3 Å². The Balaban J connectivity index is 1.87. The van der Waals surface area contributed by atoms with Gasteiger partial charge in [0, 0.05) is 12.6 Å². The van der Waals surface area contributed by atoms with E-state index in [1.807, 2.05) is 12.1 Å². The van der Waals surface area contributed by atoms with Crippen molar-refractivity contribution in [3.8, 4) is 11.1 Å². The standard InChI is InChI=1S/C22H27NO7/c1-11-8-13(12-4-3-5-14(9-12)22(29)23-2)6-7-15(11)17(25)21-20(28)19(27)18(26)16(10-24)30-21/h3-9,16-21,24-28H,10H2,1-2H3,(H,23,29)/t16-,17+,18-,19+,20+,21?/m1/s1. The molecule has 0 saturated carbocycles. The second kappa shape index (κ2) is 9.22. The average molecular weight is 417 g/mol. The van der Waals surface area contributed by atoms with Gasteiger partial charge in [0.2, 0.25) is 0 Å². The number of carbonyl (C=O) groups excluding carboxylic acids is 1. The lowest BCUT2D eigenvalue weighted by atomic mass is 9.87. The minimum absolute atomic E-state index is 0.191. The first-order chi connectivity index (χ1) is 14.3. The second-order valence-electron chi connectivity index (χ2n) is 7.47. The van der Waals surface area contributed by atoms with Gasteiger partial charge in [0.25, 0.3) is 5.91 Å². The van der Waals surface area contributed by atoms with Crippen LogP contribution in [-0.4, -0.2) is 75.6 Å². The molecule has 1 saturated heterocycles. The Bertz CT molecular complexity index is 901. The van der Waals surface area contributed by atoms with Crippen LogP contribution in [0.15, 0.2) is 42.5 Å². The molecular formula is C22H27NO7. The number of amides is 1. The normalized spacial score (nSPS) is 27.5.